The largest absolute Gasteiger partial charge is 0.303 e. The molecule has 0 aliphatic heterocycles. The lowest BCUT2D eigenvalue weighted by molar-refractivity contribution is 0.253. The van der Waals surface area contributed by atoms with Crippen molar-refractivity contribution in [3.63, 3.8) is 0 Å². The van der Waals surface area contributed by atoms with E-state index in [1.54, 1.807) is 0 Å². The van der Waals surface area contributed by atoms with Crippen LogP contribution >= 0.6 is 0 Å². The van der Waals surface area contributed by atoms with Crippen LogP contribution in [0.25, 0.3) is 0 Å². The maximum absolute atomic E-state index is 2.47. The fourth-order valence-electron chi connectivity index (χ4n) is 2.51. The monoisotopic (exact) mass is 267 g/mol. The van der Waals surface area contributed by atoms with Crippen molar-refractivity contribution in [3.8, 4) is 0 Å². The number of hydrogen-bond donors (Lipinski definition) is 0. The highest BCUT2D eigenvalue weighted by atomic mass is 15.1. The van der Waals surface area contributed by atoms with Crippen LogP contribution in [0.4, 0.5) is 0 Å². The topological polar surface area (TPSA) is 3.24 Å². The molecule has 0 saturated carbocycles. The minimum atomic E-state index is 0.591. The van der Waals surface area contributed by atoms with E-state index in [-0.39, 0.29) is 0 Å². The summed E-state index contributed by atoms with van der Waals surface area (Å²) >= 11 is 0. The van der Waals surface area contributed by atoms with Crippen molar-refractivity contribution in [2.75, 3.05) is 13.6 Å². The van der Waals surface area contributed by atoms with Crippen LogP contribution in [0.5, 0.6) is 0 Å². The molecule has 0 heterocycles. The minimum absolute atomic E-state index is 0.591. The van der Waals surface area contributed by atoms with Gasteiger partial charge >= 0.3 is 0 Å². The quantitative estimate of drug-likeness (QED) is 0.727. The molecule has 0 amide bonds. The molecule has 0 saturated heterocycles. The van der Waals surface area contributed by atoms with E-state index in [0.29, 0.717) is 6.04 Å². The first kappa shape index (κ1) is 14.8. The molecule has 0 radical (unpaired) electrons. The molecule has 0 fully saturated rings. The molecule has 2 rings (SSSR count). The molecule has 0 unspecified atom stereocenters. The minimum Gasteiger partial charge on any atom is -0.303 e. The number of likely N-dealkylation sites (N-methyl/N-ethyl adjacent to an activating group) is 1. The Morgan fingerprint density at radius 3 is 2.00 bits per heavy atom. The zero-order valence-electron chi connectivity index (χ0n) is 12.6. The average molecular weight is 267 g/mol. The smallest absolute Gasteiger partial charge is 0.0104 e. The molecule has 106 valence electrons. The second kappa shape index (κ2) is 7.86. The van der Waals surface area contributed by atoms with E-state index in [1.165, 1.54) is 24.0 Å². The standard InChI is InChI=1S/C19H25N/c1-17(16-19-12-7-4-8-13-19)20(2)15-9-14-18-10-5-3-6-11-18/h3-8,10-13,17H,9,14-16H2,1-2H3/t17-/m0/s1. The van der Waals surface area contributed by atoms with Gasteiger partial charge in [0.2, 0.25) is 0 Å². The predicted molar refractivity (Wildman–Crippen MR) is 87.0 cm³/mol. The van der Waals surface area contributed by atoms with E-state index in [2.05, 4.69) is 79.5 Å². The Morgan fingerprint density at radius 1 is 0.850 bits per heavy atom. The van der Waals surface area contributed by atoms with Crippen molar-refractivity contribution < 1.29 is 0 Å². The lowest BCUT2D eigenvalue weighted by atomic mass is 10.1. The summed E-state index contributed by atoms with van der Waals surface area (Å²) in [5.41, 5.74) is 2.87. The summed E-state index contributed by atoms with van der Waals surface area (Å²) in [4.78, 5) is 2.47. The van der Waals surface area contributed by atoms with Crippen LogP contribution in [-0.2, 0) is 12.8 Å². The molecule has 1 atom stereocenters. The number of nitrogens with zero attached hydrogens (tertiary/aromatic N) is 1. The average Bonchev–Trinajstić information content (AvgIpc) is 2.49. The van der Waals surface area contributed by atoms with E-state index in [1.807, 2.05) is 0 Å². The molecule has 2 aromatic carbocycles. The van der Waals surface area contributed by atoms with Crippen molar-refractivity contribution >= 4 is 0 Å². The molecule has 0 bridgehead atoms. The lowest BCUT2D eigenvalue weighted by Gasteiger charge is -2.24. The van der Waals surface area contributed by atoms with Crippen molar-refractivity contribution in [1.29, 1.82) is 0 Å². The molecular formula is C19H25N. The molecule has 0 aliphatic rings. The first-order valence-corrected chi connectivity index (χ1v) is 7.54. The third kappa shape index (κ3) is 4.82. The number of benzene rings is 2. The highest BCUT2D eigenvalue weighted by molar-refractivity contribution is 5.16. The van der Waals surface area contributed by atoms with Gasteiger partial charge < -0.3 is 4.90 Å². The SMILES string of the molecule is C[C@@H](Cc1ccccc1)N(C)CCCc1ccccc1. The molecule has 1 heteroatoms. The maximum atomic E-state index is 2.47. The first-order valence-electron chi connectivity index (χ1n) is 7.54. The van der Waals surface area contributed by atoms with E-state index in [4.69, 9.17) is 0 Å². The van der Waals surface area contributed by atoms with Crippen molar-refractivity contribution in [1.82, 2.24) is 4.90 Å². The van der Waals surface area contributed by atoms with Gasteiger partial charge in [0.15, 0.2) is 0 Å². The summed E-state index contributed by atoms with van der Waals surface area (Å²) in [6.07, 6.45) is 3.52. The molecule has 0 aliphatic carbocycles. The van der Waals surface area contributed by atoms with E-state index >= 15 is 0 Å². The number of rotatable bonds is 7. The predicted octanol–water partition coefficient (Wildman–Crippen LogP) is 4.18. The van der Waals surface area contributed by atoms with Gasteiger partial charge in [0.1, 0.15) is 0 Å². The van der Waals surface area contributed by atoms with Crippen LogP contribution in [-0.4, -0.2) is 24.5 Å². The Kier molecular flexibility index (Phi) is 5.82. The van der Waals surface area contributed by atoms with Crippen LogP contribution in [0.15, 0.2) is 60.7 Å². The van der Waals surface area contributed by atoms with Gasteiger partial charge in [0.05, 0.1) is 0 Å². The summed E-state index contributed by atoms with van der Waals surface area (Å²) in [5.74, 6) is 0. The van der Waals surface area contributed by atoms with Gasteiger partial charge in [0.25, 0.3) is 0 Å². The highest BCUT2D eigenvalue weighted by Crippen LogP contribution is 2.09. The fraction of sp³-hybridized carbons (Fsp3) is 0.368. The Labute approximate surface area is 123 Å². The molecule has 20 heavy (non-hydrogen) atoms. The van der Waals surface area contributed by atoms with E-state index in [9.17, 15) is 0 Å². The van der Waals surface area contributed by atoms with Gasteiger partial charge in [-0.05, 0) is 50.9 Å². The van der Waals surface area contributed by atoms with Crippen molar-refractivity contribution in [2.24, 2.45) is 0 Å². The van der Waals surface area contributed by atoms with Gasteiger partial charge in [-0.3, -0.25) is 0 Å². The van der Waals surface area contributed by atoms with Gasteiger partial charge in [-0.1, -0.05) is 60.7 Å². The lowest BCUT2D eigenvalue weighted by Crippen LogP contribution is -2.31. The Balaban J connectivity index is 1.73. The third-order valence-electron chi connectivity index (χ3n) is 3.95. The van der Waals surface area contributed by atoms with Crippen LogP contribution in [0.3, 0.4) is 0 Å². The van der Waals surface area contributed by atoms with Crippen molar-refractivity contribution in [2.45, 2.75) is 32.2 Å². The normalized spacial score (nSPS) is 12.6. The van der Waals surface area contributed by atoms with E-state index in [0.717, 1.165) is 13.0 Å². The maximum Gasteiger partial charge on any atom is 0.0104 e. The first-order chi connectivity index (χ1) is 9.75. The summed E-state index contributed by atoms with van der Waals surface area (Å²) in [6, 6.07) is 22.1. The zero-order valence-corrected chi connectivity index (χ0v) is 12.6. The van der Waals surface area contributed by atoms with Gasteiger partial charge in [-0.15, -0.1) is 0 Å². The van der Waals surface area contributed by atoms with Gasteiger partial charge in [-0.2, -0.15) is 0 Å². The fourth-order valence-corrected chi connectivity index (χ4v) is 2.51. The molecule has 0 aromatic heterocycles. The number of hydrogen-bond acceptors (Lipinski definition) is 1. The highest BCUT2D eigenvalue weighted by Gasteiger charge is 2.09. The Hall–Kier alpha value is -1.60. The zero-order chi connectivity index (χ0) is 14.2. The molecule has 2 aromatic rings. The van der Waals surface area contributed by atoms with Crippen molar-refractivity contribution in [3.05, 3.63) is 71.8 Å². The summed E-state index contributed by atoms with van der Waals surface area (Å²) < 4.78 is 0. The van der Waals surface area contributed by atoms with Crippen LogP contribution in [0, 0.1) is 0 Å². The summed E-state index contributed by atoms with van der Waals surface area (Å²) in [5, 5.41) is 0. The summed E-state index contributed by atoms with van der Waals surface area (Å²) in [7, 11) is 2.23. The molecule has 0 spiro atoms. The van der Waals surface area contributed by atoms with Crippen LogP contribution in [0.2, 0.25) is 0 Å². The van der Waals surface area contributed by atoms with E-state index < -0.39 is 0 Å². The summed E-state index contributed by atoms with van der Waals surface area (Å²) in [6.45, 7) is 3.47. The Bertz CT molecular complexity index is 478. The molecular weight excluding hydrogens is 242 g/mol. The second-order valence-electron chi connectivity index (χ2n) is 5.61. The Morgan fingerprint density at radius 2 is 1.40 bits per heavy atom. The molecule has 0 N–H and O–H groups in total. The third-order valence-corrected chi connectivity index (χ3v) is 3.95. The van der Waals surface area contributed by atoms with Gasteiger partial charge in [-0.25, -0.2) is 0 Å². The molecule has 1 nitrogen and oxygen atoms in total. The van der Waals surface area contributed by atoms with Crippen LogP contribution < -0.4 is 0 Å². The number of aryl methyl sites for hydroxylation is 1. The van der Waals surface area contributed by atoms with Crippen LogP contribution in [0.1, 0.15) is 24.5 Å². The second-order valence-corrected chi connectivity index (χ2v) is 5.61. The van der Waals surface area contributed by atoms with Gasteiger partial charge in [0, 0.05) is 6.04 Å².